The molecular weight excluding hydrogens is 604 g/mol. The number of aliphatic carboxylic acids is 1. The summed E-state index contributed by atoms with van der Waals surface area (Å²) in [5.41, 5.74) is -2.21. The van der Waals surface area contributed by atoms with Gasteiger partial charge in [0, 0.05) is 29.9 Å². The van der Waals surface area contributed by atoms with Crippen molar-refractivity contribution >= 4 is 62.2 Å². The SMILES string of the molecule is CO[C@@]1(NC(=O)Cc2cccs2)C(=O)N2C(C(=O)O)=C(COC(=O)NCCC(P(=O)(O)O)P(=O)(O)O)CS[C@H]21. The van der Waals surface area contributed by atoms with Gasteiger partial charge in [-0.15, -0.1) is 23.1 Å². The normalized spacial score (nSPS) is 21.3. The van der Waals surface area contributed by atoms with Crippen LogP contribution in [0.5, 0.6) is 0 Å². The third-order valence-electron chi connectivity index (χ3n) is 5.70. The van der Waals surface area contributed by atoms with Crippen LogP contribution >= 0.6 is 38.3 Å². The Kier molecular flexibility index (Phi) is 9.68. The fourth-order valence-electron chi connectivity index (χ4n) is 3.92. The molecule has 0 unspecified atom stereocenters. The second-order valence-electron chi connectivity index (χ2n) is 8.29. The highest BCUT2D eigenvalue weighted by Gasteiger charge is 2.66. The summed E-state index contributed by atoms with van der Waals surface area (Å²) in [6, 6.07) is 3.51. The molecule has 0 spiro atoms. The zero-order valence-corrected chi connectivity index (χ0v) is 23.5. The van der Waals surface area contributed by atoms with Gasteiger partial charge in [-0.25, -0.2) is 9.59 Å². The van der Waals surface area contributed by atoms with Crippen LogP contribution in [0.4, 0.5) is 4.79 Å². The van der Waals surface area contributed by atoms with Gasteiger partial charge in [0.2, 0.25) is 5.91 Å². The molecule has 1 saturated heterocycles. The molecule has 3 heterocycles. The van der Waals surface area contributed by atoms with Crippen molar-refractivity contribution in [3.63, 3.8) is 0 Å². The van der Waals surface area contributed by atoms with Gasteiger partial charge in [0.1, 0.15) is 17.7 Å². The summed E-state index contributed by atoms with van der Waals surface area (Å²) in [6.45, 7) is -1.14. The number of carbonyl (C=O) groups is 4. The van der Waals surface area contributed by atoms with Gasteiger partial charge in [0.15, 0.2) is 5.40 Å². The molecule has 20 heteroatoms. The van der Waals surface area contributed by atoms with E-state index < -0.39 is 80.8 Å². The smallest absolute Gasteiger partial charge is 0.407 e. The zero-order chi connectivity index (χ0) is 29.2. The molecule has 1 aromatic rings. The quantitative estimate of drug-likeness (QED) is 0.0899. The number of methoxy groups -OCH3 is 1. The van der Waals surface area contributed by atoms with Crippen LogP contribution in [-0.4, -0.2) is 96.0 Å². The summed E-state index contributed by atoms with van der Waals surface area (Å²) in [4.78, 5) is 87.8. The van der Waals surface area contributed by atoms with Gasteiger partial charge in [-0.3, -0.25) is 23.6 Å². The topological polar surface area (TPSA) is 249 Å². The van der Waals surface area contributed by atoms with Gasteiger partial charge in [-0.2, -0.15) is 0 Å². The van der Waals surface area contributed by atoms with Gasteiger partial charge in [0.05, 0.1) is 6.42 Å². The van der Waals surface area contributed by atoms with Crippen molar-refractivity contribution in [1.82, 2.24) is 15.5 Å². The molecule has 216 valence electrons. The van der Waals surface area contributed by atoms with E-state index in [1.54, 1.807) is 17.5 Å². The first-order valence-corrected chi connectivity index (χ1v) is 16.2. The van der Waals surface area contributed by atoms with Crippen LogP contribution in [0, 0.1) is 0 Å². The lowest BCUT2D eigenvalue weighted by Crippen LogP contribution is -2.80. The highest BCUT2D eigenvalue weighted by Crippen LogP contribution is 2.61. The number of fused-ring (bicyclic) bond motifs is 1. The molecule has 0 saturated carbocycles. The minimum atomic E-state index is -5.17. The van der Waals surface area contributed by atoms with Crippen molar-refractivity contribution in [1.29, 1.82) is 0 Å². The Bertz CT molecular complexity index is 1240. The van der Waals surface area contributed by atoms with Crippen molar-refractivity contribution in [2.24, 2.45) is 0 Å². The number of nitrogens with one attached hydrogen (secondary N) is 2. The lowest BCUT2D eigenvalue weighted by molar-refractivity contribution is -0.192. The second kappa shape index (κ2) is 12.1. The third kappa shape index (κ3) is 6.90. The second-order valence-corrected chi connectivity index (χ2v) is 14.4. The van der Waals surface area contributed by atoms with E-state index in [4.69, 9.17) is 29.0 Å². The Morgan fingerprint density at radius 2 is 1.90 bits per heavy atom. The third-order valence-corrected chi connectivity index (χ3v) is 11.8. The number of carboxylic acids is 1. The maximum absolute atomic E-state index is 13.1. The van der Waals surface area contributed by atoms with Crippen molar-refractivity contribution in [2.45, 2.75) is 29.3 Å². The monoisotopic (exact) mass is 629 g/mol. The first-order chi connectivity index (χ1) is 18.1. The predicted octanol–water partition coefficient (Wildman–Crippen LogP) is -0.199. The predicted molar refractivity (Wildman–Crippen MR) is 136 cm³/mol. The van der Waals surface area contributed by atoms with Crippen LogP contribution < -0.4 is 10.6 Å². The van der Waals surface area contributed by atoms with E-state index >= 15 is 0 Å². The summed E-state index contributed by atoms with van der Waals surface area (Å²) < 4.78 is 32.9. The maximum atomic E-state index is 13.1. The summed E-state index contributed by atoms with van der Waals surface area (Å²) in [5.74, 6) is -2.84. The number of nitrogens with zero attached hydrogens (tertiary/aromatic N) is 1. The standard InChI is InChI=1S/C19H25N3O13P2S2/c1-34-19(21-12(23)7-11-3-2-6-38-11)16(26)22-14(15(24)25)10(9-39-17(19)22)8-35-18(27)20-5-4-13(36(28,29)30)37(31,32)33/h2-3,6,13,17H,4-5,7-9H2,1H3,(H,20,27)(H,21,23)(H,24,25)(H2,28,29,30)(H2,31,32,33)/t17-,19-/m0/s1. The van der Waals surface area contributed by atoms with Crippen LogP contribution in [0.3, 0.4) is 0 Å². The number of carbonyl (C=O) groups excluding carboxylic acids is 3. The molecule has 7 N–H and O–H groups in total. The minimum Gasteiger partial charge on any atom is -0.477 e. The van der Waals surface area contributed by atoms with Gasteiger partial charge in [-0.1, -0.05) is 6.07 Å². The van der Waals surface area contributed by atoms with E-state index in [1.165, 1.54) is 18.4 Å². The molecule has 1 aromatic heterocycles. The zero-order valence-electron chi connectivity index (χ0n) is 20.1. The number of hydrogen-bond acceptors (Lipinski definition) is 10. The van der Waals surface area contributed by atoms with Crippen molar-refractivity contribution in [3.8, 4) is 0 Å². The molecule has 0 radical (unpaired) electrons. The first-order valence-electron chi connectivity index (χ1n) is 10.9. The molecule has 2 aliphatic rings. The molecule has 39 heavy (non-hydrogen) atoms. The van der Waals surface area contributed by atoms with E-state index in [2.05, 4.69) is 10.6 Å². The molecule has 0 aliphatic carbocycles. The molecular formula is C19H25N3O13P2S2. The fraction of sp³-hybridized carbons (Fsp3) is 0.474. The average Bonchev–Trinajstić information content (AvgIpc) is 3.34. The highest BCUT2D eigenvalue weighted by molar-refractivity contribution is 8.00. The molecule has 1 fully saturated rings. The molecule has 16 nitrogen and oxygen atoms in total. The summed E-state index contributed by atoms with van der Waals surface area (Å²) in [7, 11) is -9.13. The van der Waals surface area contributed by atoms with Gasteiger partial charge >= 0.3 is 27.3 Å². The summed E-state index contributed by atoms with van der Waals surface area (Å²) in [6.07, 6.45) is -1.92. The molecule has 3 rings (SSSR count). The lowest BCUT2D eigenvalue weighted by Gasteiger charge is -2.55. The van der Waals surface area contributed by atoms with Crippen LogP contribution in [-0.2, 0) is 39.4 Å². The number of ether oxygens (including phenoxy) is 2. The Morgan fingerprint density at radius 3 is 2.44 bits per heavy atom. The number of hydrogen-bond donors (Lipinski definition) is 7. The van der Waals surface area contributed by atoms with Crippen molar-refractivity contribution in [3.05, 3.63) is 33.7 Å². The number of carboxylic acid groups (broad SMARTS) is 1. The molecule has 0 aromatic carbocycles. The Balaban J connectivity index is 1.64. The van der Waals surface area contributed by atoms with E-state index in [0.717, 1.165) is 21.5 Å². The van der Waals surface area contributed by atoms with Gasteiger partial charge < -0.3 is 44.8 Å². The average molecular weight is 629 g/mol. The van der Waals surface area contributed by atoms with E-state index in [0.29, 0.717) is 0 Å². The van der Waals surface area contributed by atoms with Gasteiger partial charge in [-0.05, 0) is 17.9 Å². The first kappa shape index (κ1) is 31.3. The van der Waals surface area contributed by atoms with Gasteiger partial charge in [0.25, 0.3) is 11.6 Å². The van der Waals surface area contributed by atoms with Crippen LogP contribution in [0.2, 0.25) is 0 Å². The summed E-state index contributed by atoms with van der Waals surface area (Å²) in [5, 5.41) is 13.0. The molecule has 3 amide bonds. The maximum Gasteiger partial charge on any atom is 0.407 e. The fourth-order valence-corrected chi connectivity index (χ4v) is 8.54. The number of alkyl carbamates (subject to hydrolysis) is 1. The number of rotatable bonds is 12. The van der Waals surface area contributed by atoms with Crippen molar-refractivity contribution < 1.29 is 62.5 Å². The Labute approximate surface area is 229 Å². The number of thiophene rings is 1. The Morgan fingerprint density at radius 1 is 1.23 bits per heavy atom. The van der Waals surface area contributed by atoms with Crippen molar-refractivity contribution in [2.75, 3.05) is 26.0 Å². The highest BCUT2D eigenvalue weighted by atomic mass is 32.2. The molecule has 2 aliphatic heterocycles. The number of β-lactam (4-membered cyclic amide) rings is 1. The summed E-state index contributed by atoms with van der Waals surface area (Å²) >= 11 is 2.42. The molecule has 0 bridgehead atoms. The number of thioether (sulfide) groups is 1. The van der Waals surface area contributed by atoms with E-state index in [-0.39, 0.29) is 17.7 Å². The largest absolute Gasteiger partial charge is 0.477 e. The van der Waals surface area contributed by atoms with E-state index in [1.807, 2.05) is 0 Å². The molecule has 2 atom stereocenters. The minimum absolute atomic E-state index is 0.00760. The van der Waals surface area contributed by atoms with E-state index in [9.17, 15) is 33.4 Å². The lowest BCUT2D eigenvalue weighted by atomic mass is 9.98. The Hall–Kier alpha value is -2.27. The van der Waals surface area contributed by atoms with Crippen LogP contribution in [0.25, 0.3) is 0 Å². The van der Waals surface area contributed by atoms with Crippen LogP contribution in [0.15, 0.2) is 28.8 Å². The van der Waals surface area contributed by atoms with Crippen LogP contribution in [0.1, 0.15) is 11.3 Å². The number of amides is 3.